The Balaban J connectivity index is 1.55. The third-order valence-electron chi connectivity index (χ3n) is 4.99. The summed E-state index contributed by atoms with van der Waals surface area (Å²) in [4.78, 5) is 26.8. The molecule has 3 aromatic rings. The van der Waals surface area contributed by atoms with Gasteiger partial charge in [-0.25, -0.2) is 9.97 Å². The molecular weight excluding hydrogens is 382 g/mol. The quantitative estimate of drug-likeness (QED) is 0.660. The third-order valence-corrected chi connectivity index (χ3v) is 7.06. The van der Waals surface area contributed by atoms with E-state index in [0.29, 0.717) is 29.5 Å². The summed E-state index contributed by atoms with van der Waals surface area (Å²) in [6.07, 6.45) is 4.10. The molecule has 27 heavy (non-hydrogen) atoms. The Labute approximate surface area is 164 Å². The van der Waals surface area contributed by atoms with Crippen LogP contribution in [0.15, 0.2) is 22.8 Å². The smallest absolute Gasteiger partial charge is 0.178 e. The highest BCUT2D eigenvalue weighted by atomic mass is 32.2. The van der Waals surface area contributed by atoms with E-state index in [1.165, 1.54) is 17.0 Å². The summed E-state index contributed by atoms with van der Waals surface area (Å²) in [5.74, 6) is 3.56. The van der Waals surface area contributed by atoms with E-state index in [2.05, 4.69) is 4.98 Å². The van der Waals surface area contributed by atoms with E-state index in [1.807, 2.05) is 23.9 Å². The number of hydrogen-bond donors (Lipinski definition) is 1. The lowest BCUT2D eigenvalue weighted by molar-refractivity contribution is 0.0547. The minimum atomic E-state index is -0.0121. The van der Waals surface area contributed by atoms with Gasteiger partial charge in [0.2, 0.25) is 0 Å². The van der Waals surface area contributed by atoms with Gasteiger partial charge < -0.3 is 14.1 Å². The van der Waals surface area contributed by atoms with Gasteiger partial charge in [0, 0.05) is 37.0 Å². The number of Topliss-reactive ketones (excluding diaryl/α,β-unsaturated/α-hetero) is 1. The van der Waals surface area contributed by atoms with E-state index in [1.54, 1.807) is 6.26 Å². The van der Waals surface area contributed by atoms with Crippen LogP contribution in [0.3, 0.4) is 0 Å². The predicted molar refractivity (Wildman–Crippen MR) is 105 cm³/mol. The summed E-state index contributed by atoms with van der Waals surface area (Å²) in [7, 11) is 0. The lowest BCUT2D eigenvalue weighted by atomic mass is 9.94. The highest BCUT2D eigenvalue weighted by Gasteiger charge is 2.30. The van der Waals surface area contributed by atoms with Gasteiger partial charge in [0.05, 0.1) is 12.0 Å². The number of fused-ring (bicyclic) bond motifs is 1. The molecule has 0 unspecified atom stereocenters. The van der Waals surface area contributed by atoms with Crippen molar-refractivity contribution in [1.29, 1.82) is 0 Å². The average molecular weight is 402 g/mol. The molecule has 5 rings (SSSR count). The minimum absolute atomic E-state index is 0.0121. The van der Waals surface area contributed by atoms with Crippen LogP contribution in [-0.2, 0) is 16.9 Å². The zero-order valence-electron chi connectivity index (χ0n) is 14.7. The van der Waals surface area contributed by atoms with Crippen LogP contribution in [0.2, 0.25) is 0 Å². The van der Waals surface area contributed by atoms with Crippen LogP contribution in [0, 0.1) is 5.92 Å². The van der Waals surface area contributed by atoms with Crippen LogP contribution in [0.4, 0.5) is 0 Å². The molecule has 140 valence electrons. The number of thioether (sulfide) groups is 1. The van der Waals surface area contributed by atoms with Crippen molar-refractivity contribution in [3.63, 3.8) is 0 Å². The number of ketones is 1. The number of carbonyl (C=O) groups is 1. The number of aromatic amines is 1. The van der Waals surface area contributed by atoms with Crippen LogP contribution in [-0.4, -0.2) is 39.7 Å². The molecule has 0 atom stereocenters. The summed E-state index contributed by atoms with van der Waals surface area (Å²) in [6.45, 7) is 1.28. The van der Waals surface area contributed by atoms with Crippen LogP contribution in [0.5, 0.6) is 0 Å². The van der Waals surface area contributed by atoms with Gasteiger partial charge in [-0.2, -0.15) is 11.8 Å². The number of aryl methyl sites for hydroxylation is 1. The Morgan fingerprint density at radius 1 is 1.26 bits per heavy atom. The molecular formula is C19H19N3O3S2. The maximum absolute atomic E-state index is 13.2. The second-order valence-electron chi connectivity index (χ2n) is 6.74. The maximum Gasteiger partial charge on any atom is 0.178 e. The van der Waals surface area contributed by atoms with Gasteiger partial charge >= 0.3 is 0 Å². The summed E-state index contributed by atoms with van der Waals surface area (Å²) in [5.41, 5.74) is 2.92. The van der Waals surface area contributed by atoms with E-state index in [-0.39, 0.29) is 11.7 Å². The van der Waals surface area contributed by atoms with Crippen LogP contribution >= 0.6 is 23.1 Å². The molecule has 0 amide bonds. The second kappa shape index (κ2) is 7.26. The number of hydrogen-bond acceptors (Lipinski definition) is 7. The number of furan rings is 1. The van der Waals surface area contributed by atoms with Crippen molar-refractivity contribution in [2.45, 2.75) is 25.0 Å². The Bertz CT molecular complexity index is 932. The van der Waals surface area contributed by atoms with Gasteiger partial charge in [-0.15, -0.1) is 11.3 Å². The molecule has 2 aliphatic heterocycles. The van der Waals surface area contributed by atoms with Crippen molar-refractivity contribution >= 4 is 28.9 Å². The molecule has 0 radical (unpaired) electrons. The van der Waals surface area contributed by atoms with Gasteiger partial charge in [0.1, 0.15) is 10.6 Å². The second-order valence-corrected chi connectivity index (χ2v) is 8.84. The van der Waals surface area contributed by atoms with Gasteiger partial charge in [-0.05, 0) is 30.7 Å². The van der Waals surface area contributed by atoms with Crippen molar-refractivity contribution in [3.8, 4) is 22.3 Å². The van der Waals surface area contributed by atoms with Crippen molar-refractivity contribution in [1.82, 2.24) is 15.0 Å². The molecule has 0 bridgehead atoms. The summed E-state index contributed by atoms with van der Waals surface area (Å²) < 4.78 is 11.0. The summed E-state index contributed by atoms with van der Waals surface area (Å²) >= 11 is 3.32. The van der Waals surface area contributed by atoms with E-state index in [0.717, 1.165) is 47.3 Å². The number of nitrogens with zero attached hydrogens (tertiary/aromatic N) is 2. The first kappa shape index (κ1) is 17.2. The number of rotatable bonds is 4. The highest BCUT2D eigenvalue weighted by Crippen LogP contribution is 2.37. The Kier molecular flexibility index (Phi) is 4.63. The lowest BCUT2D eigenvalue weighted by Crippen LogP contribution is -2.23. The van der Waals surface area contributed by atoms with Crippen molar-refractivity contribution in [3.05, 3.63) is 34.7 Å². The van der Waals surface area contributed by atoms with E-state index >= 15 is 0 Å². The fourth-order valence-electron chi connectivity index (χ4n) is 3.53. The Morgan fingerprint density at radius 3 is 2.93 bits per heavy atom. The molecule has 2 aliphatic rings. The molecule has 6 nitrogen and oxygen atoms in total. The number of carbonyl (C=O) groups excluding carboxylic acids is 1. The molecule has 8 heteroatoms. The van der Waals surface area contributed by atoms with Crippen molar-refractivity contribution < 1.29 is 13.9 Å². The minimum Gasteiger partial charge on any atom is -0.463 e. The fraction of sp³-hybridized carbons (Fsp3) is 0.421. The lowest BCUT2D eigenvalue weighted by Gasteiger charge is -2.20. The zero-order valence-corrected chi connectivity index (χ0v) is 16.3. The first-order valence-corrected chi connectivity index (χ1v) is 11.1. The average Bonchev–Trinajstić information content (AvgIpc) is 3.46. The standard InChI is InChI=1S/C19H19N3O3S2/c23-16(11-3-7-24-8-4-11)17-15(14-2-1-6-25-14)22-19(27-17)18-20-12-5-9-26-10-13(12)21-18/h1-2,6,11H,3-5,7-10H2,(H,20,21). The number of aromatic nitrogens is 3. The van der Waals surface area contributed by atoms with Crippen LogP contribution in [0.1, 0.15) is 33.9 Å². The SMILES string of the molecule is O=C(c1sc(-c2nc3c([nH]2)CSCC3)nc1-c1ccco1)C1CCOCC1. The van der Waals surface area contributed by atoms with Gasteiger partial charge in [-0.3, -0.25) is 4.79 Å². The summed E-state index contributed by atoms with van der Waals surface area (Å²) in [5, 5.41) is 0.746. The van der Waals surface area contributed by atoms with Crippen molar-refractivity contribution in [2.75, 3.05) is 19.0 Å². The zero-order chi connectivity index (χ0) is 18.2. The molecule has 5 heterocycles. The fourth-order valence-corrected chi connectivity index (χ4v) is 5.49. The molecule has 1 saturated heterocycles. The van der Waals surface area contributed by atoms with Gasteiger partial charge in [-0.1, -0.05) is 0 Å². The molecule has 1 fully saturated rings. The predicted octanol–water partition coefficient (Wildman–Crippen LogP) is 4.19. The number of ether oxygens (including phenoxy) is 1. The molecule has 1 N–H and O–H groups in total. The number of imidazole rings is 1. The molecule has 0 aromatic carbocycles. The first-order valence-electron chi connectivity index (χ1n) is 9.12. The van der Waals surface area contributed by atoms with Crippen LogP contribution < -0.4 is 0 Å². The monoisotopic (exact) mass is 401 g/mol. The molecule has 0 spiro atoms. The number of H-pyrrole nitrogens is 1. The maximum atomic E-state index is 13.2. The normalized spacial score (nSPS) is 17.8. The van der Waals surface area contributed by atoms with Gasteiger partial charge in [0.25, 0.3) is 0 Å². The highest BCUT2D eigenvalue weighted by molar-refractivity contribution is 7.98. The number of thiazole rings is 1. The number of nitrogens with one attached hydrogen (secondary N) is 1. The first-order chi connectivity index (χ1) is 13.3. The molecule has 0 aliphatic carbocycles. The van der Waals surface area contributed by atoms with Gasteiger partial charge in [0.15, 0.2) is 22.4 Å². The summed E-state index contributed by atoms with van der Waals surface area (Å²) in [6, 6.07) is 3.67. The molecule has 0 saturated carbocycles. The third kappa shape index (κ3) is 3.26. The largest absolute Gasteiger partial charge is 0.463 e. The topological polar surface area (TPSA) is 81.0 Å². The molecule has 3 aromatic heterocycles. The van der Waals surface area contributed by atoms with E-state index in [4.69, 9.17) is 19.1 Å². The Hall–Kier alpha value is -1.90. The van der Waals surface area contributed by atoms with E-state index < -0.39 is 0 Å². The van der Waals surface area contributed by atoms with Crippen molar-refractivity contribution in [2.24, 2.45) is 5.92 Å². The van der Waals surface area contributed by atoms with Crippen LogP contribution in [0.25, 0.3) is 22.3 Å². The van der Waals surface area contributed by atoms with E-state index in [9.17, 15) is 4.79 Å². The Morgan fingerprint density at radius 2 is 2.15 bits per heavy atom.